The summed E-state index contributed by atoms with van der Waals surface area (Å²) in [5, 5.41) is 6.49. The van der Waals surface area contributed by atoms with Crippen LogP contribution >= 0.6 is 0 Å². The second-order valence-corrected chi connectivity index (χ2v) is 5.70. The molecule has 0 saturated carbocycles. The van der Waals surface area contributed by atoms with Crippen molar-refractivity contribution >= 4 is 11.6 Å². The molecule has 0 fully saturated rings. The molecule has 0 spiro atoms. The van der Waals surface area contributed by atoms with Crippen LogP contribution in [0.25, 0.3) is 0 Å². The summed E-state index contributed by atoms with van der Waals surface area (Å²) in [6, 6.07) is 9.40. The Labute approximate surface area is 165 Å². The van der Waals surface area contributed by atoms with E-state index in [4.69, 9.17) is 18.9 Å². The number of pyridine rings is 1. The van der Waals surface area contributed by atoms with E-state index in [1.54, 1.807) is 27.5 Å². The lowest BCUT2D eigenvalue weighted by Crippen LogP contribution is -2.30. The van der Waals surface area contributed by atoms with Crippen molar-refractivity contribution in [1.82, 2.24) is 10.3 Å². The summed E-state index contributed by atoms with van der Waals surface area (Å²) in [4.78, 5) is 8.92. The van der Waals surface area contributed by atoms with Gasteiger partial charge in [-0.3, -0.25) is 0 Å². The predicted octanol–water partition coefficient (Wildman–Crippen LogP) is 2.70. The average Bonchev–Trinajstić information content (AvgIpc) is 2.73. The number of rotatable bonds is 10. The van der Waals surface area contributed by atoms with E-state index in [0.29, 0.717) is 43.1 Å². The number of guanidine groups is 1. The van der Waals surface area contributed by atoms with E-state index in [2.05, 4.69) is 20.6 Å². The first-order valence-corrected chi connectivity index (χ1v) is 9.04. The van der Waals surface area contributed by atoms with Gasteiger partial charge in [0.25, 0.3) is 0 Å². The predicted molar refractivity (Wildman–Crippen MR) is 110 cm³/mol. The lowest BCUT2D eigenvalue weighted by molar-refractivity contribution is 0.143. The van der Waals surface area contributed by atoms with E-state index in [9.17, 15) is 0 Å². The Bertz CT molecular complexity index is 768. The van der Waals surface area contributed by atoms with Crippen molar-refractivity contribution in [2.75, 3.05) is 46.4 Å². The molecule has 1 aromatic carbocycles. The number of anilines is 1. The molecule has 0 amide bonds. The third-order valence-electron chi connectivity index (χ3n) is 3.77. The van der Waals surface area contributed by atoms with Crippen LogP contribution in [0.5, 0.6) is 17.4 Å². The summed E-state index contributed by atoms with van der Waals surface area (Å²) >= 11 is 0. The number of nitrogens with one attached hydrogen (secondary N) is 2. The summed E-state index contributed by atoms with van der Waals surface area (Å²) < 4.78 is 21.3. The Morgan fingerprint density at radius 3 is 2.61 bits per heavy atom. The van der Waals surface area contributed by atoms with Gasteiger partial charge in [-0.2, -0.15) is 0 Å². The largest absolute Gasteiger partial charge is 0.493 e. The number of aliphatic imine (C=N–C) groups is 1. The van der Waals surface area contributed by atoms with Gasteiger partial charge in [-0.25, -0.2) is 9.98 Å². The van der Waals surface area contributed by atoms with E-state index in [1.807, 2.05) is 37.3 Å². The summed E-state index contributed by atoms with van der Waals surface area (Å²) in [5.74, 6) is 2.51. The smallest absolute Gasteiger partial charge is 0.218 e. The van der Waals surface area contributed by atoms with Gasteiger partial charge >= 0.3 is 0 Å². The molecule has 0 unspecified atom stereocenters. The molecule has 1 aromatic heterocycles. The molecule has 28 heavy (non-hydrogen) atoms. The Hall–Kier alpha value is -3.00. The van der Waals surface area contributed by atoms with Crippen molar-refractivity contribution < 1.29 is 18.9 Å². The molecular weight excluding hydrogens is 360 g/mol. The zero-order chi connectivity index (χ0) is 20.2. The second kappa shape index (κ2) is 11.7. The van der Waals surface area contributed by atoms with Gasteiger partial charge in [0.15, 0.2) is 17.5 Å². The fraction of sp³-hybridized carbons (Fsp3) is 0.400. The maximum absolute atomic E-state index is 5.67. The Morgan fingerprint density at radius 1 is 1.07 bits per heavy atom. The molecule has 152 valence electrons. The highest BCUT2D eigenvalue weighted by Crippen LogP contribution is 2.29. The molecule has 2 N–H and O–H groups in total. The van der Waals surface area contributed by atoms with Crippen LogP contribution in [-0.2, 0) is 11.3 Å². The molecule has 1 heterocycles. The quantitative estimate of drug-likeness (QED) is 0.368. The Kier molecular flexibility index (Phi) is 8.87. The number of aromatic nitrogens is 1. The van der Waals surface area contributed by atoms with E-state index in [-0.39, 0.29) is 0 Å². The minimum absolute atomic E-state index is 0.415. The van der Waals surface area contributed by atoms with Gasteiger partial charge in [0.05, 0.1) is 27.4 Å². The van der Waals surface area contributed by atoms with Gasteiger partial charge < -0.3 is 29.6 Å². The fourth-order valence-electron chi connectivity index (χ4n) is 2.42. The number of nitrogens with zero attached hydrogens (tertiary/aromatic N) is 2. The van der Waals surface area contributed by atoms with Crippen molar-refractivity contribution in [2.45, 2.75) is 13.5 Å². The molecule has 0 radical (unpaired) electrons. The normalized spacial score (nSPS) is 11.1. The van der Waals surface area contributed by atoms with E-state index in [1.165, 1.54) is 0 Å². The van der Waals surface area contributed by atoms with Gasteiger partial charge in [-0.15, -0.1) is 0 Å². The summed E-state index contributed by atoms with van der Waals surface area (Å²) in [6.45, 7) is 4.09. The first-order chi connectivity index (χ1) is 13.7. The molecule has 8 nitrogen and oxygen atoms in total. The molecule has 0 aliphatic carbocycles. The van der Waals surface area contributed by atoms with E-state index < -0.39 is 0 Å². The Morgan fingerprint density at radius 2 is 1.89 bits per heavy atom. The van der Waals surface area contributed by atoms with Crippen LogP contribution < -0.4 is 24.8 Å². The number of benzene rings is 1. The molecule has 8 heteroatoms. The first-order valence-electron chi connectivity index (χ1n) is 9.04. The number of methoxy groups -OCH3 is 3. The minimum atomic E-state index is 0.415. The van der Waals surface area contributed by atoms with E-state index in [0.717, 1.165) is 17.8 Å². The zero-order valence-corrected chi connectivity index (χ0v) is 16.8. The molecular formula is C20H28N4O4. The summed E-state index contributed by atoms with van der Waals surface area (Å²) in [7, 11) is 4.85. The van der Waals surface area contributed by atoms with Crippen LogP contribution in [0.3, 0.4) is 0 Å². The molecule has 2 rings (SSSR count). The van der Waals surface area contributed by atoms with Crippen molar-refractivity contribution in [2.24, 2.45) is 4.99 Å². The van der Waals surface area contributed by atoms with Crippen molar-refractivity contribution in [1.29, 1.82) is 0 Å². The van der Waals surface area contributed by atoms with Crippen LogP contribution in [0.4, 0.5) is 5.69 Å². The van der Waals surface area contributed by atoms with Gasteiger partial charge in [0.1, 0.15) is 6.61 Å². The van der Waals surface area contributed by atoms with Crippen LogP contribution in [0.2, 0.25) is 0 Å². The summed E-state index contributed by atoms with van der Waals surface area (Å²) in [6.07, 6.45) is 1.70. The van der Waals surface area contributed by atoms with Crippen LogP contribution in [0.15, 0.2) is 41.5 Å². The highest BCUT2D eigenvalue weighted by atomic mass is 16.5. The third kappa shape index (κ3) is 6.31. The van der Waals surface area contributed by atoms with Crippen molar-refractivity contribution in [3.63, 3.8) is 0 Å². The molecule has 0 bridgehead atoms. The maximum Gasteiger partial charge on any atom is 0.218 e. The van der Waals surface area contributed by atoms with Crippen molar-refractivity contribution in [3.8, 4) is 17.4 Å². The standard InChI is InChI=1S/C20H28N4O4/c1-5-21-20(24-16-8-9-17(26-3)18(13-16)27-4)23-14-15-7-6-10-22-19(15)28-12-11-25-2/h6-10,13H,5,11-12,14H2,1-4H3,(H2,21,23,24). The number of hydrogen-bond acceptors (Lipinski definition) is 6. The number of ether oxygens (including phenoxy) is 4. The lowest BCUT2D eigenvalue weighted by atomic mass is 10.2. The topological polar surface area (TPSA) is 86.2 Å². The van der Waals surface area contributed by atoms with Gasteiger partial charge in [0.2, 0.25) is 5.88 Å². The molecule has 0 atom stereocenters. The SMILES string of the molecule is CCNC(=NCc1cccnc1OCCOC)Nc1ccc(OC)c(OC)c1. The average molecular weight is 388 g/mol. The van der Waals surface area contributed by atoms with Crippen LogP contribution in [0.1, 0.15) is 12.5 Å². The minimum Gasteiger partial charge on any atom is -0.493 e. The Balaban J connectivity index is 2.13. The lowest BCUT2D eigenvalue weighted by Gasteiger charge is -2.14. The van der Waals surface area contributed by atoms with E-state index >= 15 is 0 Å². The fourth-order valence-corrected chi connectivity index (χ4v) is 2.42. The maximum atomic E-state index is 5.67. The van der Waals surface area contributed by atoms with Crippen molar-refractivity contribution in [3.05, 3.63) is 42.1 Å². The first kappa shape index (κ1) is 21.3. The molecule has 2 aromatic rings. The zero-order valence-electron chi connectivity index (χ0n) is 16.8. The second-order valence-electron chi connectivity index (χ2n) is 5.70. The summed E-state index contributed by atoms with van der Waals surface area (Å²) in [5.41, 5.74) is 1.73. The monoisotopic (exact) mass is 388 g/mol. The van der Waals surface area contributed by atoms with Gasteiger partial charge in [0, 0.05) is 37.2 Å². The molecule has 0 saturated heterocycles. The highest BCUT2D eigenvalue weighted by molar-refractivity contribution is 5.93. The number of hydrogen-bond donors (Lipinski definition) is 2. The third-order valence-corrected chi connectivity index (χ3v) is 3.77. The highest BCUT2D eigenvalue weighted by Gasteiger charge is 2.08. The van der Waals surface area contributed by atoms with Gasteiger partial charge in [-0.1, -0.05) is 6.07 Å². The molecule has 0 aliphatic heterocycles. The van der Waals surface area contributed by atoms with Gasteiger partial charge in [-0.05, 0) is 25.1 Å². The van der Waals surface area contributed by atoms with Crippen LogP contribution in [-0.4, -0.2) is 52.0 Å². The van der Waals surface area contributed by atoms with Crippen LogP contribution in [0, 0.1) is 0 Å². The molecule has 0 aliphatic rings.